The molecule has 6 aromatic heterocycles. The van der Waals surface area contributed by atoms with Crippen LogP contribution >= 0.6 is 11.6 Å². The first-order valence-electron chi connectivity index (χ1n) is 16.8. The van der Waals surface area contributed by atoms with Gasteiger partial charge in [0.15, 0.2) is 23.3 Å². The number of aromatic nitrogens is 8. The smallest absolute Gasteiger partial charge is 0.271 e. The fourth-order valence-electron chi connectivity index (χ4n) is 7.46. The van der Waals surface area contributed by atoms with Gasteiger partial charge in [-0.2, -0.15) is 0 Å². The maximum absolute atomic E-state index is 14.4. The first kappa shape index (κ1) is 32.7. The topological polar surface area (TPSA) is 91.6 Å². The third kappa shape index (κ3) is 6.62. The largest absolute Gasteiger partial charge is 0.361 e. The third-order valence-electron chi connectivity index (χ3n) is 9.71. The van der Waals surface area contributed by atoms with E-state index < -0.39 is 0 Å². The van der Waals surface area contributed by atoms with Crippen molar-refractivity contribution >= 4 is 39.5 Å². The van der Waals surface area contributed by atoms with Crippen molar-refractivity contribution in [1.82, 2.24) is 39.0 Å². The van der Waals surface area contributed by atoms with Gasteiger partial charge in [0.2, 0.25) is 0 Å². The quantitative estimate of drug-likeness (QED) is 0.136. The van der Waals surface area contributed by atoms with Crippen molar-refractivity contribution in [2.75, 3.05) is 0 Å². The van der Waals surface area contributed by atoms with Crippen LogP contribution in [0.1, 0.15) is 77.3 Å². The Morgan fingerprint density at radius 1 is 0.735 bits per heavy atom. The van der Waals surface area contributed by atoms with Crippen LogP contribution < -0.4 is 0 Å². The van der Waals surface area contributed by atoms with Crippen LogP contribution in [-0.2, 0) is 0 Å². The van der Waals surface area contributed by atoms with Crippen LogP contribution in [0.4, 0.5) is 14.6 Å². The number of rotatable bonds is 4. The molecule has 0 saturated heterocycles. The number of hydrogen-bond donors (Lipinski definition) is 0. The van der Waals surface area contributed by atoms with E-state index in [9.17, 15) is 8.78 Å². The molecule has 9 nitrogen and oxygen atoms in total. The van der Waals surface area contributed by atoms with Crippen LogP contribution in [0.15, 0.2) is 61.2 Å². The summed E-state index contributed by atoms with van der Waals surface area (Å²) in [7, 11) is 0. The second kappa shape index (κ2) is 14.0. The molecule has 8 rings (SSSR count). The summed E-state index contributed by atoms with van der Waals surface area (Å²) in [5, 5.41) is 0.386. The van der Waals surface area contributed by atoms with Gasteiger partial charge in [-0.25, -0.2) is 33.7 Å². The number of halogens is 3. The maximum Gasteiger partial charge on any atom is 0.271 e. The van der Waals surface area contributed by atoms with Gasteiger partial charge in [0.25, 0.3) is 5.82 Å². The van der Waals surface area contributed by atoms with Gasteiger partial charge in [-0.15, -0.1) is 4.98 Å². The molecule has 250 valence electrons. The van der Waals surface area contributed by atoms with Gasteiger partial charge in [0, 0.05) is 30.5 Å². The van der Waals surface area contributed by atoms with Gasteiger partial charge in [0.05, 0.1) is 22.7 Å². The molecule has 2 aliphatic carbocycles. The molecular weight excluding hydrogens is 644 g/mol. The first-order chi connectivity index (χ1) is 23.8. The molecule has 0 radical (unpaired) electrons. The van der Waals surface area contributed by atoms with Crippen molar-refractivity contribution < 1.29 is 8.78 Å². The molecule has 2 saturated carbocycles. The van der Waals surface area contributed by atoms with Gasteiger partial charge in [0.1, 0.15) is 28.3 Å². The lowest BCUT2D eigenvalue weighted by Gasteiger charge is -2.29. The van der Waals surface area contributed by atoms with E-state index in [1.54, 1.807) is 49.1 Å². The normalized spacial score (nSPS) is 20.9. The molecule has 0 spiro atoms. The number of fused-ring (bicyclic) bond motifs is 2. The third-order valence-corrected chi connectivity index (χ3v) is 9.91. The summed E-state index contributed by atoms with van der Waals surface area (Å²) >= 11 is 6.02. The zero-order valence-corrected chi connectivity index (χ0v) is 28.2. The van der Waals surface area contributed by atoms with Crippen LogP contribution in [0.5, 0.6) is 0 Å². The van der Waals surface area contributed by atoms with Gasteiger partial charge in [-0.1, -0.05) is 57.7 Å². The van der Waals surface area contributed by atoms with E-state index >= 15 is 0 Å². The fraction of sp³-hybridized carbons (Fsp3) is 0.378. The minimum atomic E-state index is -0.388. The van der Waals surface area contributed by atoms with Crippen molar-refractivity contribution in [3.05, 3.63) is 89.4 Å². The minimum Gasteiger partial charge on any atom is -0.361 e. The molecule has 0 aromatic carbocycles. The van der Waals surface area contributed by atoms with E-state index in [1.165, 1.54) is 25.0 Å². The Morgan fingerprint density at radius 3 is 1.73 bits per heavy atom. The Labute approximate surface area is 288 Å². The second-order valence-electron chi connectivity index (χ2n) is 13.3. The van der Waals surface area contributed by atoms with Gasteiger partial charge in [-0.3, -0.25) is 0 Å². The van der Waals surface area contributed by atoms with Crippen LogP contribution in [0.25, 0.3) is 49.9 Å². The molecule has 49 heavy (non-hydrogen) atoms. The Balaban J connectivity index is 0.000000154. The average molecular weight is 680 g/mol. The molecule has 2 fully saturated rings. The predicted molar refractivity (Wildman–Crippen MR) is 186 cm³/mol. The van der Waals surface area contributed by atoms with Crippen molar-refractivity contribution in [2.24, 2.45) is 11.8 Å². The van der Waals surface area contributed by atoms with Crippen molar-refractivity contribution in [2.45, 2.75) is 77.3 Å². The molecule has 0 unspecified atom stereocenters. The van der Waals surface area contributed by atoms with E-state index in [0.717, 1.165) is 55.1 Å². The lowest BCUT2D eigenvalue weighted by Crippen LogP contribution is -2.19. The van der Waals surface area contributed by atoms with Gasteiger partial charge in [-0.05, 0) is 67.9 Å². The number of pyridine rings is 4. The summed E-state index contributed by atoms with van der Waals surface area (Å²) in [4.78, 5) is 29.5. The van der Waals surface area contributed by atoms with E-state index in [2.05, 4.69) is 57.7 Å². The number of imidazole rings is 2. The molecule has 6 heterocycles. The van der Waals surface area contributed by atoms with Crippen LogP contribution in [0.3, 0.4) is 0 Å². The SMILES string of the molecule is C[C@@H]1CCC[C@H](n2c(-c3ncccc3F)nc3cc(Cl)ncc32)C1.[C-]#[N+]c1cc2nc(-c3ncccc3F)n([C@H]3CCC[C@@H](C)C3)c2cn1. The summed E-state index contributed by atoms with van der Waals surface area (Å²) in [6.45, 7) is 11.7. The zero-order valence-electron chi connectivity index (χ0n) is 27.4. The highest BCUT2D eigenvalue weighted by Gasteiger charge is 2.29. The molecule has 0 aliphatic heterocycles. The summed E-state index contributed by atoms with van der Waals surface area (Å²) in [6.07, 6.45) is 15.5. The molecule has 4 atom stereocenters. The van der Waals surface area contributed by atoms with Crippen molar-refractivity contribution in [3.8, 4) is 23.0 Å². The fourth-order valence-corrected chi connectivity index (χ4v) is 7.61. The first-order valence-corrected chi connectivity index (χ1v) is 17.2. The van der Waals surface area contributed by atoms with Crippen LogP contribution in [0.2, 0.25) is 5.15 Å². The zero-order chi connectivity index (χ0) is 34.1. The highest BCUT2D eigenvalue weighted by atomic mass is 35.5. The predicted octanol–water partition coefficient (Wildman–Crippen LogP) is 9.97. The summed E-state index contributed by atoms with van der Waals surface area (Å²) in [5.41, 5.74) is 3.65. The average Bonchev–Trinajstić information content (AvgIpc) is 3.67. The highest BCUT2D eigenvalue weighted by molar-refractivity contribution is 6.30. The second-order valence-corrected chi connectivity index (χ2v) is 13.7. The van der Waals surface area contributed by atoms with E-state index in [-0.39, 0.29) is 35.1 Å². The van der Waals surface area contributed by atoms with Crippen molar-refractivity contribution in [1.29, 1.82) is 0 Å². The van der Waals surface area contributed by atoms with Crippen LogP contribution in [0, 0.1) is 30.0 Å². The molecule has 0 bridgehead atoms. The minimum absolute atomic E-state index is 0.241. The number of hydrogen-bond acceptors (Lipinski definition) is 6. The molecule has 0 N–H and O–H groups in total. The molecule has 6 aromatic rings. The van der Waals surface area contributed by atoms with Crippen LogP contribution in [-0.4, -0.2) is 39.0 Å². The Kier molecular flexibility index (Phi) is 9.32. The van der Waals surface area contributed by atoms with E-state index in [4.69, 9.17) is 18.2 Å². The molecular formula is C37H36ClF2N9. The van der Waals surface area contributed by atoms with Crippen molar-refractivity contribution in [3.63, 3.8) is 0 Å². The standard InChI is InChI=1S/C19H18FN5.C18H18ClFN4/c1-12-5-3-6-13(9-12)25-16-11-23-17(21-2)10-15(16)24-19(25)18-14(20)7-4-8-22-18;1-11-4-2-5-12(8-11)24-15-10-22-16(19)9-14(15)23-18(24)17-13(20)6-3-7-21-17/h4,7-8,10-13H,3,5-6,9H2,1H3;3,6-7,9-12H,2,4-5,8H2,1H3/t12-,13+;11-,12+/m11/s1. The Morgan fingerprint density at radius 2 is 1.24 bits per heavy atom. The number of nitrogens with zero attached hydrogens (tertiary/aromatic N) is 9. The molecule has 2 aliphatic rings. The van der Waals surface area contributed by atoms with E-state index in [1.807, 2.05) is 0 Å². The maximum atomic E-state index is 14.4. The highest BCUT2D eigenvalue weighted by Crippen LogP contribution is 2.40. The summed E-state index contributed by atoms with van der Waals surface area (Å²) in [6, 6.07) is 9.89. The van der Waals surface area contributed by atoms with Gasteiger partial charge < -0.3 is 14.0 Å². The Hall–Kier alpha value is -4.82. The van der Waals surface area contributed by atoms with Gasteiger partial charge >= 0.3 is 0 Å². The Bertz CT molecular complexity index is 2170. The molecule has 12 heteroatoms. The molecule has 0 amide bonds. The monoisotopic (exact) mass is 679 g/mol. The van der Waals surface area contributed by atoms with E-state index in [0.29, 0.717) is 40.0 Å². The summed E-state index contributed by atoms with van der Waals surface area (Å²) < 4.78 is 32.9. The lowest BCUT2D eigenvalue weighted by molar-refractivity contribution is 0.288. The lowest BCUT2D eigenvalue weighted by atomic mass is 9.87. The summed E-state index contributed by atoms with van der Waals surface area (Å²) in [5.74, 6) is 1.89.